The number of aromatic nitrogens is 1. The Morgan fingerprint density at radius 3 is 2.16 bits per heavy atom. The maximum absolute atomic E-state index is 13.2. The molecule has 1 aromatic heterocycles. The van der Waals surface area contributed by atoms with Crippen LogP contribution < -0.4 is 10.7 Å². The molecule has 0 radical (unpaired) electrons. The molecule has 2 amide bonds. The van der Waals surface area contributed by atoms with Crippen molar-refractivity contribution >= 4 is 11.8 Å². The molecule has 2 heterocycles. The van der Waals surface area contributed by atoms with Crippen molar-refractivity contribution in [1.29, 1.82) is 0 Å². The molecule has 0 atom stereocenters. The molecule has 7 nitrogen and oxygen atoms in total. The first-order valence-electron chi connectivity index (χ1n) is 11.9. The molecule has 0 bridgehead atoms. The van der Waals surface area contributed by atoms with E-state index in [2.05, 4.69) is 5.32 Å². The van der Waals surface area contributed by atoms with Crippen molar-refractivity contribution in [1.82, 2.24) is 14.8 Å². The molecule has 1 saturated carbocycles. The minimum absolute atomic E-state index is 0.0545. The molecule has 31 heavy (non-hydrogen) atoms. The van der Waals surface area contributed by atoms with E-state index < -0.39 is 5.43 Å². The number of methoxy groups -OCH3 is 1. The molecule has 7 heteroatoms. The lowest BCUT2D eigenvalue weighted by atomic mass is 9.96. The van der Waals surface area contributed by atoms with E-state index in [4.69, 9.17) is 4.74 Å². The number of hydrogen-bond donors (Lipinski definition) is 1. The van der Waals surface area contributed by atoms with Crippen LogP contribution in [-0.4, -0.2) is 54.1 Å². The molecule has 0 aromatic carbocycles. The van der Waals surface area contributed by atoms with E-state index in [1.54, 1.807) is 29.0 Å². The van der Waals surface area contributed by atoms with E-state index in [1.165, 1.54) is 19.3 Å². The Morgan fingerprint density at radius 2 is 1.52 bits per heavy atom. The minimum Gasteiger partial charge on any atom is -0.383 e. The van der Waals surface area contributed by atoms with Gasteiger partial charge >= 0.3 is 0 Å². The lowest BCUT2D eigenvalue weighted by Crippen LogP contribution is -2.41. The van der Waals surface area contributed by atoms with Gasteiger partial charge in [-0.3, -0.25) is 14.4 Å². The van der Waals surface area contributed by atoms with Crippen molar-refractivity contribution in [3.63, 3.8) is 0 Å². The minimum atomic E-state index is -0.466. The summed E-state index contributed by atoms with van der Waals surface area (Å²) in [5, 5.41) is 3.07. The predicted octanol–water partition coefficient (Wildman–Crippen LogP) is 3.35. The van der Waals surface area contributed by atoms with Gasteiger partial charge in [0.1, 0.15) is 11.1 Å². The third-order valence-corrected chi connectivity index (χ3v) is 6.44. The average molecular weight is 432 g/mol. The lowest BCUT2D eigenvalue weighted by Gasteiger charge is -2.22. The molecule has 1 N–H and O–H groups in total. The van der Waals surface area contributed by atoms with Gasteiger partial charge in [-0.25, -0.2) is 0 Å². The molecule has 3 rings (SSSR count). The van der Waals surface area contributed by atoms with Crippen molar-refractivity contribution in [3.05, 3.63) is 33.7 Å². The monoisotopic (exact) mass is 431 g/mol. The summed E-state index contributed by atoms with van der Waals surface area (Å²) in [6, 6.07) is 0.0876. The van der Waals surface area contributed by atoms with Gasteiger partial charge in [0.15, 0.2) is 0 Å². The molecule has 0 unspecified atom stereocenters. The van der Waals surface area contributed by atoms with Crippen LogP contribution in [0.1, 0.15) is 91.3 Å². The van der Waals surface area contributed by atoms with Crippen LogP contribution >= 0.6 is 0 Å². The number of nitrogens with one attached hydrogen (secondary N) is 1. The number of nitrogens with zero attached hydrogens (tertiary/aromatic N) is 2. The lowest BCUT2D eigenvalue weighted by molar-refractivity contribution is 0.0759. The maximum atomic E-state index is 13.2. The third-order valence-electron chi connectivity index (χ3n) is 6.44. The fourth-order valence-corrected chi connectivity index (χ4v) is 4.58. The molecule has 1 saturated heterocycles. The number of hydrogen-bond acceptors (Lipinski definition) is 4. The summed E-state index contributed by atoms with van der Waals surface area (Å²) in [5.41, 5.74) is -0.326. The Balaban J connectivity index is 1.85. The first-order chi connectivity index (χ1) is 15.1. The van der Waals surface area contributed by atoms with E-state index >= 15 is 0 Å². The Morgan fingerprint density at radius 1 is 0.935 bits per heavy atom. The van der Waals surface area contributed by atoms with Gasteiger partial charge < -0.3 is 19.5 Å². The predicted molar refractivity (Wildman–Crippen MR) is 121 cm³/mol. The highest BCUT2D eigenvalue weighted by atomic mass is 16.5. The van der Waals surface area contributed by atoms with E-state index in [-0.39, 0.29) is 29.0 Å². The van der Waals surface area contributed by atoms with Crippen LogP contribution in [0.2, 0.25) is 0 Å². The van der Waals surface area contributed by atoms with Gasteiger partial charge in [0.2, 0.25) is 5.43 Å². The quantitative estimate of drug-likeness (QED) is 0.749. The van der Waals surface area contributed by atoms with Crippen molar-refractivity contribution in [2.24, 2.45) is 0 Å². The van der Waals surface area contributed by atoms with Gasteiger partial charge in [0.25, 0.3) is 11.8 Å². The molecule has 0 spiro atoms. The summed E-state index contributed by atoms with van der Waals surface area (Å²) in [4.78, 5) is 41.3. The van der Waals surface area contributed by atoms with Crippen LogP contribution in [0.5, 0.6) is 0 Å². The zero-order chi connectivity index (χ0) is 22.1. The molecule has 2 aliphatic rings. The first-order valence-corrected chi connectivity index (χ1v) is 11.9. The summed E-state index contributed by atoms with van der Waals surface area (Å²) >= 11 is 0. The second-order valence-electron chi connectivity index (χ2n) is 8.87. The summed E-state index contributed by atoms with van der Waals surface area (Å²) in [7, 11) is 1.61. The van der Waals surface area contributed by atoms with Crippen LogP contribution in [0.25, 0.3) is 0 Å². The van der Waals surface area contributed by atoms with E-state index in [0.29, 0.717) is 26.2 Å². The van der Waals surface area contributed by atoms with Gasteiger partial charge in [0, 0.05) is 45.2 Å². The fraction of sp³-hybridized carbons (Fsp3) is 0.708. The Hall–Kier alpha value is -2.15. The largest absolute Gasteiger partial charge is 0.383 e. The normalized spacial score (nSPS) is 18.7. The van der Waals surface area contributed by atoms with E-state index in [0.717, 1.165) is 51.4 Å². The standard InChI is InChI=1S/C24H37N3O4/c1-31-16-15-26-17-20(23(29)25-19-11-7-3-2-4-8-12-19)22(28)21(18-26)24(30)27-13-9-5-6-10-14-27/h17-19H,2-16H2,1H3,(H,25,29). The zero-order valence-corrected chi connectivity index (χ0v) is 18.9. The molecule has 1 aromatic rings. The number of rotatable bonds is 6. The highest BCUT2D eigenvalue weighted by Gasteiger charge is 2.25. The fourth-order valence-electron chi connectivity index (χ4n) is 4.58. The Kier molecular flexibility index (Phi) is 9.13. The van der Waals surface area contributed by atoms with Crippen LogP contribution in [-0.2, 0) is 11.3 Å². The second-order valence-corrected chi connectivity index (χ2v) is 8.87. The molecular formula is C24H37N3O4. The van der Waals surface area contributed by atoms with Crippen molar-refractivity contribution < 1.29 is 14.3 Å². The number of carbonyl (C=O) groups excluding carboxylic acids is 2. The Labute approximate surface area is 185 Å². The number of ether oxygens (including phenoxy) is 1. The molecule has 1 aliphatic carbocycles. The number of amides is 2. The van der Waals surface area contributed by atoms with Crippen LogP contribution in [0.15, 0.2) is 17.2 Å². The number of carbonyl (C=O) groups is 2. The highest BCUT2D eigenvalue weighted by Crippen LogP contribution is 2.18. The van der Waals surface area contributed by atoms with Gasteiger partial charge in [-0.2, -0.15) is 0 Å². The van der Waals surface area contributed by atoms with Crippen molar-refractivity contribution in [2.45, 2.75) is 83.2 Å². The topological polar surface area (TPSA) is 80.6 Å². The average Bonchev–Trinajstić information content (AvgIpc) is 3.03. The summed E-state index contributed by atoms with van der Waals surface area (Å²) in [5.74, 6) is -0.633. The smallest absolute Gasteiger partial charge is 0.259 e. The van der Waals surface area contributed by atoms with Gasteiger partial charge in [0.05, 0.1) is 6.61 Å². The maximum Gasteiger partial charge on any atom is 0.259 e. The highest BCUT2D eigenvalue weighted by molar-refractivity contribution is 5.99. The summed E-state index contributed by atoms with van der Waals surface area (Å²) < 4.78 is 6.90. The first kappa shape index (κ1) is 23.5. The molecule has 172 valence electrons. The second kappa shape index (κ2) is 12.0. The molecule has 2 fully saturated rings. The van der Waals surface area contributed by atoms with Crippen molar-refractivity contribution in [3.8, 4) is 0 Å². The molecular weight excluding hydrogens is 394 g/mol. The Bertz CT molecular complexity index is 789. The van der Waals surface area contributed by atoms with Gasteiger partial charge in [-0.15, -0.1) is 0 Å². The molecule has 1 aliphatic heterocycles. The third kappa shape index (κ3) is 6.66. The zero-order valence-electron chi connectivity index (χ0n) is 18.9. The van der Waals surface area contributed by atoms with E-state index in [9.17, 15) is 14.4 Å². The van der Waals surface area contributed by atoms with Gasteiger partial charge in [-0.1, -0.05) is 44.9 Å². The summed E-state index contributed by atoms with van der Waals surface area (Å²) in [6.45, 7) is 2.23. The van der Waals surface area contributed by atoms with Crippen LogP contribution in [0.4, 0.5) is 0 Å². The summed E-state index contributed by atoms with van der Waals surface area (Å²) in [6.07, 6.45) is 15.0. The number of pyridine rings is 1. The SMILES string of the molecule is COCCn1cc(C(=O)NC2CCCCCCC2)c(=O)c(C(=O)N2CCCCCC2)c1. The van der Waals surface area contributed by atoms with Crippen molar-refractivity contribution in [2.75, 3.05) is 26.8 Å². The number of likely N-dealkylation sites (tertiary alicyclic amines) is 1. The van der Waals surface area contributed by atoms with Crippen LogP contribution in [0.3, 0.4) is 0 Å². The van der Waals surface area contributed by atoms with Gasteiger partial charge in [-0.05, 0) is 25.7 Å². The van der Waals surface area contributed by atoms with E-state index in [1.807, 2.05) is 0 Å². The van der Waals surface area contributed by atoms with Crippen LogP contribution in [0, 0.1) is 0 Å².